The molecule has 116 valence electrons. The highest BCUT2D eigenvalue weighted by Gasteiger charge is 2.11. The van der Waals surface area contributed by atoms with Crippen molar-refractivity contribution in [3.05, 3.63) is 60.2 Å². The summed E-state index contributed by atoms with van der Waals surface area (Å²) in [5.74, 6) is 1.76. The molecule has 22 heavy (non-hydrogen) atoms. The fraction of sp³-hybridized carbons (Fsp3) is 0.278. The molecule has 0 heterocycles. The molecule has 0 unspecified atom stereocenters. The van der Waals surface area contributed by atoms with Crippen LogP contribution in [0, 0.1) is 0 Å². The molecule has 0 bridgehead atoms. The molecule has 0 atom stereocenters. The predicted molar refractivity (Wildman–Crippen MR) is 91.3 cm³/mol. The van der Waals surface area contributed by atoms with E-state index in [9.17, 15) is 4.79 Å². The van der Waals surface area contributed by atoms with E-state index in [-0.39, 0.29) is 5.91 Å². The van der Waals surface area contributed by atoms with E-state index in [4.69, 9.17) is 4.74 Å². The van der Waals surface area contributed by atoms with Gasteiger partial charge in [0.1, 0.15) is 5.75 Å². The zero-order valence-corrected chi connectivity index (χ0v) is 13.8. The number of methoxy groups -OCH3 is 1. The molecule has 2 aromatic carbocycles. The van der Waals surface area contributed by atoms with E-state index in [1.807, 2.05) is 49.5 Å². The summed E-state index contributed by atoms with van der Waals surface area (Å²) in [7, 11) is 3.49. The summed E-state index contributed by atoms with van der Waals surface area (Å²) in [6.07, 6.45) is 0.533. The molecule has 4 heteroatoms. The predicted octanol–water partition coefficient (Wildman–Crippen LogP) is 3.84. The van der Waals surface area contributed by atoms with Gasteiger partial charge in [0.2, 0.25) is 5.91 Å². The van der Waals surface area contributed by atoms with Gasteiger partial charge in [-0.2, -0.15) is 0 Å². The Hall–Kier alpha value is -1.94. The van der Waals surface area contributed by atoms with Crippen LogP contribution in [-0.2, 0) is 11.3 Å². The van der Waals surface area contributed by atoms with Gasteiger partial charge in [-0.1, -0.05) is 36.4 Å². The molecule has 1 amide bonds. The number of nitrogens with zero attached hydrogens (tertiary/aromatic N) is 1. The van der Waals surface area contributed by atoms with Crippen LogP contribution < -0.4 is 4.74 Å². The van der Waals surface area contributed by atoms with Gasteiger partial charge in [0.25, 0.3) is 0 Å². The lowest BCUT2D eigenvalue weighted by Gasteiger charge is -2.18. The number of thioether (sulfide) groups is 1. The third-order valence-corrected chi connectivity index (χ3v) is 4.37. The first-order chi connectivity index (χ1) is 10.7. The standard InChI is InChI=1S/C18H21NO2S/c1-19(14-15-8-6-7-11-17(15)21-2)18(20)12-13-22-16-9-4-3-5-10-16/h3-11H,12-14H2,1-2H3. The average molecular weight is 315 g/mol. The van der Waals surface area contributed by atoms with Gasteiger partial charge in [0, 0.05) is 36.2 Å². The van der Waals surface area contributed by atoms with Gasteiger partial charge in [-0.05, 0) is 18.2 Å². The molecule has 0 aliphatic carbocycles. The molecule has 0 aromatic heterocycles. The minimum Gasteiger partial charge on any atom is -0.496 e. The third-order valence-electron chi connectivity index (χ3n) is 3.35. The van der Waals surface area contributed by atoms with E-state index >= 15 is 0 Å². The molecule has 0 saturated heterocycles. The van der Waals surface area contributed by atoms with Crippen LogP contribution in [-0.4, -0.2) is 30.7 Å². The van der Waals surface area contributed by atoms with Crippen molar-refractivity contribution in [3.63, 3.8) is 0 Å². The van der Waals surface area contributed by atoms with Crippen molar-refractivity contribution in [2.24, 2.45) is 0 Å². The number of para-hydroxylation sites is 1. The molecule has 2 rings (SSSR count). The summed E-state index contributed by atoms with van der Waals surface area (Å²) in [4.78, 5) is 15.2. The maximum absolute atomic E-state index is 12.2. The van der Waals surface area contributed by atoms with Gasteiger partial charge in [-0.3, -0.25) is 4.79 Å². The molecule has 0 spiro atoms. The van der Waals surface area contributed by atoms with Crippen LogP contribution in [0.5, 0.6) is 5.75 Å². The monoisotopic (exact) mass is 315 g/mol. The van der Waals surface area contributed by atoms with E-state index in [0.717, 1.165) is 17.1 Å². The largest absolute Gasteiger partial charge is 0.496 e. The summed E-state index contributed by atoms with van der Waals surface area (Å²) in [6, 6.07) is 17.9. The summed E-state index contributed by atoms with van der Waals surface area (Å²) in [6.45, 7) is 0.568. The van der Waals surface area contributed by atoms with E-state index < -0.39 is 0 Å². The van der Waals surface area contributed by atoms with Crippen molar-refractivity contribution in [2.45, 2.75) is 17.9 Å². The van der Waals surface area contributed by atoms with Gasteiger partial charge >= 0.3 is 0 Å². The maximum atomic E-state index is 12.2. The highest BCUT2D eigenvalue weighted by atomic mass is 32.2. The Morgan fingerprint density at radius 2 is 1.77 bits per heavy atom. The fourth-order valence-electron chi connectivity index (χ4n) is 2.14. The second kappa shape index (κ2) is 8.49. The van der Waals surface area contributed by atoms with Gasteiger partial charge in [-0.15, -0.1) is 11.8 Å². The zero-order chi connectivity index (χ0) is 15.8. The first-order valence-electron chi connectivity index (χ1n) is 7.24. The molecule has 0 aliphatic heterocycles. The van der Waals surface area contributed by atoms with E-state index in [1.165, 1.54) is 4.90 Å². The number of hydrogen-bond acceptors (Lipinski definition) is 3. The Morgan fingerprint density at radius 1 is 1.09 bits per heavy atom. The Bertz CT molecular complexity index is 601. The zero-order valence-electron chi connectivity index (χ0n) is 13.0. The Balaban J connectivity index is 1.82. The Morgan fingerprint density at radius 3 is 2.50 bits per heavy atom. The lowest BCUT2D eigenvalue weighted by atomic mass is 10.2. The molecular weight excluding hydrogens is 294 g/mol. The highest BCUT2D eigenvalue weighted by molar-refractivity contribution is 7.99. The molecule has 0 saturated carbocycles. The van der Waals surface area contributed by atoms with E-state index in [1.54, 1.807) is 23.8 Å². The molecule has 0 radical (unpaired) electrons. The van der Waals surface area contributed by atoms with Gasteiger partial charge in [-0.25, -0.2) is 0 Å². The summed E-state index contributed by atoms with van der Waals surface area (Å²) >= 11 is 1.71. The molecule has 0 fully saturated rings. The molecule has 3 nitrogen and oxygen atoms in total. The van der Waals surface area contributed by atoms with Crippen LogP contribution in [0.3, 0.4) is 0 Å². The van der Waals surface area contributed by atoms with Crippen molar-refractivity contribution in [2.75, 3.05) is 19.9 Å². The Labute approximate surface area is 136 Å². The minimum atomic E-state index is 0.148. The van der Waals surface area contributed by atoms with Crippen LogP contribution in [0.2, 0.25) is 0 Å². The number of carbonyl (C=O) groups is 1. The average Bonchev–Trinajstić information content (AvgIpc) is 2.56. The quantitative estimate of drug-likeness (QED) is 0.727. The number of benzene rings is 2. The second-order valence-corrected chi connectivity index (χ2v) is 6.14. The minimum absolute atomic E-state index is 0.148. The molecular formula is C18H21NO2S. The first kappa shape index (κ1) is 16.4. The summed E-state index contributed by atoms with van der Waals surface area (Å²) in [5.41, 5.74) is 1.02. The van der Waals surface area contributed by atoms with Crippen LogP contribution >= 0.6 is 11.8 Å². The topological polar surface area (TPSA) is 29.5 Å². The smallest absolute Gasteiger partial charge is 0.223 e. The normalized spacial score (nSPS) is 10.3. The van der Waals surface area contributed by atoms with Gasteiger partial charge in [0.05, 0.1) is 7.11 Å². The Kier molecular flexibility index (Phi) is 6.34. The van der Waals surface area contributed by atoms with Crippen molar-refractivity contribution < 1.29 is 9.53 Å². The summed E-state index contributed by atoms with van der Waals surface area (Å²) < 4.78 is 5.32. The van der Waals surface area contributed by atoms with Crippen molar-refractivity contribution in [1.29, 1.82) is 0 Å². The third kappa shape index (κ3) is 4.81. The van der Waals surface area contributed by atoms with Gasteiger partial charge in [0.15, 0.2) is 0 Å². The van der Waals surface area contributed by atoms with E-state index in [0.29, 0.717) is 13.0 Å². The lowest BCUT2D eigenvalue weighted by Crippen LogP contribution is -2.26. The summed E-state index contributed by atoms with van der Waals surface area (Å²) in [5, 5.41) is 0. The second-order valence-electron chi connectivity index (χ2n) is 4.97. The van der Waals surface area contributed by atoms with Crippen LogP contribution in [0.4, 0.5) is 0 Å². The first-order valence-corrected chi connectivity index (χ1v) is 8.23. The fourth-order valence-corrected chi connectivity index (χ4v) is 3.00. The number of hydrogen-bond donors (Lipinski definition) is 0. The van der Waals surface area contributed by atoms with E-state index in [2.05, 4.69) is 12.1 Å². The van der Waals surface area contributed by atoms with Crippen LogP contribution in [0.25, 0.3) is 0 Å². The van der Waals surface area contributed by atoms with Crippen molar-refractivity contribution in [1.82, 2.24) is 4.90 Å². The van der Waals surface area contributed by atoms with Crippen LogP contribution in [0.1, 0.15) is 12.0 Å². The van der Waals surface area contributed by atoms with Gasteiger partial charge < -0.3 is 9.64 Å². The number of ether oxygens (including phenoxy) is 1. The number of rotatable bonds is 7. The number of carbonyl (C=O) groups excluding carboxylic acids is 1. The van der Waals surface area contributed by atoms with Crippen molar-refractivity contribution >= 4 is 17.7 Å². The maximum Gasteiger partial charge on any atom is 0.223 e. The number of amides is 1. The molecule has 0 N–H and O–H groups in total. The highest BCUT2D eigenvalue weighted by Crippen LogP contribution is 2.20. The molecule has 2 aromatic rings. The lowest BCUT2D eigenvalue weighted by molar-refractivity contribution is -0.129. The SMILES string of the molecule is COc1ccccc1CN(C)C(=O)CCSc1ccccc1. The molecule has 0 aliphatic rings. The van der Waals surface area contributed by atoms with Crippen molar-refractivity contribution in [3.8, 4) is 5.75 Å². The van der Waals surface area contributed by atoms with Crippen LogP contribution in [0.15, 0.2) is 59.5 Å².